The van der Waals surface area contributed by atoms with Gasteiger partial charge in [-0.1, -0.05) is 42.8 Å². The number of carboxylic acids is 1. The Morgan fingerprint density at radius 2 is 1.84 bits per heavy atom. The molecule has 0 saturated heterocycles. The van der Waals surface area contributed by atoms with Crippen LogP contribution in [0.4, 0.5) is 5.82 Å². The minimum absolute atomic E-state index is 0.150. The number of anilines is 1. The van der Waals surface area contributed by atoms with E-state index in [-0.39, 0.29) is 6.42 Å². The van der Waals surface area contributed by atoms with E-state index in [4.69, 9.17) is 11.6 Å². The molecule has 2 aromatic carbocycles. The van der Waals surface area contributed by atoms with E-state index in [1.807, 2.05) is 50.2 Å². The number of aryl methyl sites for hydroxylation is 3. The Kier molecular flexibility index (Phi) is 8.43. The summed E-state index contributed by atoms with van der Waals surface area (Å²) in [5, 5.41) is 16.3. The molecule has 0 bridgehead atoms. The molecule has 0 aliphatic rings. The highest BCUT2D eigenvalue weighted by Crippen LogP contribution is 2.22. The van der Waals surface area contributed by atoms with Gasteiger partial charge in [-0.3, -0.25) is 4.79 Å². The first kappa shape index (κ1) is 26.9. The third kappa shape index (κ3) is 6.58. The van der Waals surface area contributed by atoms with E-state index < -0.39 is 17.9 Å². The number of benzene rings is 2. The lowest BCUT2D eigenvalue weighted by molar-refractivity contribution is -0.139. The molecular weight excluding hydrogens is 502 g/mol. The van der Waals surface area contributed by atoms with Crippen LogP contribution in [0.25, 0.3) is 11.3 Å². The lowest BCUT2D eigenvalue weighted by Gasteiger charge is -2.18. The summed E-state index contributed by atoms with van der Waals surface area (Å²) in [6.45, 7) is 6.24. The second-order valence-corrected chi connectivity index (χ2v) is 9.63. The molecule has 4 aromatic rings. The van der Waals surface area contributed by atoms with Crippen molar-refractivity contribution < 1.29 is 14.7 Å². The van der Waals surface area contributed by atoms with Crippen LogP contribution in [0, 0.1) is 13.8 Å². The Balaban J connectivity index is 1.41. The fourth-order valence-electron chi connectivity index (χ4n) is 4.31. The van der Waals surface area contributed by atoms with Crippen molar-refractivity contribution in [1.82, 2.24) is 20.3 Å². The summed E-state index contributed by atoms with van der Waals surface area (Å²) in [5.74, 6) is 0.0369. The van der Waals surface area contributed by atoms with Crippen LogP contribution in [-0.4, -0.2) is 38.0 Å². The van der Waals surface area contributed by atoms with Gasteiger partial charge in [-0.05, 0) is 72.4 Å². The zero-order valence-corrected chi connectivity index (χ0v) is 22.3. The third-order valence-corrected chi connectivity index (χ3v) is 6.50. The topological polar surface area (TPSA) is 120 Å². The molecule has 1 unspecified atom stereocenters. The number of nitrogens with one attached hydrogen (secondary N) is 3. The van der Waals surface area contributed by atoms with Crippen molar-refractivity contribution in [2.75, 3.05) is 5.32 Å². The van der Waals surface area contributed by atoms with E-state index in [0.717, 1.165) is 39.6 Å². The lowest BCUT2D eigenvalue weighted by Crippen LogP contribution is -2.42. The minimum atomic E-state index is -1.10. The number of aromatic nitrogens is 3. The first-order chi connectivity index (χ1) is 18.2. The molecule has 0 aliphatic heterocycles. The lowest BCUT2D eigenvalue weighted by atomic mass is 9.98. The Bertz CT molecular complexity index is 1450. The van der Waals surface area contributed by atoms with Crippen LogP contribution >= 0.6 is 11.6 Å². The van der Waals surface area contributed by atoms with Crippen molar-refractivity contribution in [3.05, 3.63) is 99.6 Å². The summed E-state index contributed by atoms with van der Waals surface area (Å²) in [5.41, 5.74) is 5.65. The van der Waals surface area contributed by atoms with Crippen molar-refractivity contribution >= 4 is 29.3 Å². The SMILES string of the molecule is CCc1cc(Cl)cc(C)c1C(=O)NC(Cc1ccc(-c2cnc(CNc3cc(C)ccn3)[nH]2)cc1)C(=O)O. The molecule has 2 heterocycles. The number of rotatable bonds is 10. The van der Waals surface area contributed by atoms with Gasteiger partial charge in [0.1, 0.15) is 17.7 Å². The van der Waals surface area contributed by atoms with Gasteiger partial charge in [0.2, 0.25) is 0 Å². The van der Waals surface area contributed by atoms with Crippen molar-refractivity contribution in [2.24, 2.45) is 0 Å². The monoisotopic (exact) mass is 531 g/mol. The van der Waals surface area contributed by atoms with Crippen LogP contribution < -0.4 is 10.6 Å². The average Bonchev–Trinajstić information content (AvgIpc) is 3.36. The molecule has 38 heavy (non-hydrogen) atoms. The molecule has 1 atom stereocenters. The van der Waals surface area contributed by atoms with Gasteiger partial charge in [-0.2, -0.15) is 0 Å². The van der Waals surface area contributed by atoms with Crippen LogP contribution in [-0.2, 0) is 24.2 Å². The first-order valence-electron chi connectivity index (χ1n) is 12.4. The standard InChI is InChI=1S/C29H30ClN5O3/c1-4-20-14-22(30)12-18(3)27(20)28(36)35-23(29(37)38)13-19-5-7-21(8-6-19)24-15-32-26(34-24)16-33-25-11-17(2)9-10-31-25/h5-12,14-15,23H,4,13,16H2,1-3H3,(H,31,33)(H,32,34)(H,35,36)(H,37,38). The predicted octanol–water partition coefficient (Wildman–Crippen LogP) is 5.34. The quantitative estimate of drug-likeness (QED) is 0.219. The number of amides is 1. The molecule has 0 saturated carbocycles. The number of aliphatic carboxylic acids is 1. The van der Waals surface area contributed by atoms with Crippen LogP contribution in [0.15, 0.2) is 60.9 Å². The molecule has 4 rings (SSSR count). The average molecular weight is 532 g/mol. The number of pyridine rings is 1. The first-order valence-corrected chi connectivity index (χ1v) is 12.7. The van der Waals surface area contributed by atoms with Gasteiger partial charge in [0.05, 0.1) is 18.4 Å². The molecule has 4 N–H and O–H groups in total. The summed E-state index contributed by atoms with van der Waals surface area (Å²) < 4.78 is 0. The molecule has 8 nitrogen and oxygen atoms in total. The molecule has 0 radical (unpaired) electrons. The Labute approximate surface area is 226 Å². The van der Waals surface area contributed by atoms with Gasteiger partial charge in [0.15, 0.2) is 0 Å². The van der Waals surface area contributed by atoms with Gasteiger partial charge >= 0.3 is 5.97 Å². The molecule has 9 heteroatoms. The summed E-state index contributed by atoms with van der Waals surface area (Å²) in [6, 6.07) is 13.8. The van der Waals surface area contributed by atoms with Crippen molar-refractivity contribution in [3.63, 3.8) is 0 Å². The molecular formula is C29H30ClN5O3. The van der Waals surface area contributed by atoms with Crippen LogP contribution in [0.3, 0.4) is 0 Å². The minimum Gasteiger partial charge on any atom is -0.480 e. The number of carbonyl (C=O) groups is 2. The van der Waals surface area contributed by atoms with E-state index in [9.17, 15) is 14.7 Å². The summed E-state index contributed by atoms with van der Waals surface area (Å²) in [4.78, 5) is 37.0. The van der Waals surface area contributed by atoms with Crippen molar-refractivity contribution in [3.8, 4) is 11.3 Å². The molecule has 0 spiro atoms. The third-order valence-electron chi connectivity index (χ3n) is 6.28. The van der Waals surface area contributed by atoms with Gasteiger partial charge in [-0.25, -0.2) is 14.8 Å². The van der Waals surface area contributed by atoms with Gasteiger partial charge in [0, 0.05) is 23.2 Å². The normalized spacial score (nSPS) is 11.7. The predicted molar refractivity (Wildman–Crippen MR) is 148 cm³/mol. The van der Waals surface area contributed by atoms with E-state index in [1.54, 1.807) is 31.5 Å². The fraction of sp³-hybridized carbons (Fsp3) is 0.241. The van der Waals surface area contributed by atoms with Crippen molar-refractivity contribution in [2.45, 2.75) is 46.2 Å². The molecule has 196 valence electrons. The molecule has 0 fully saturated rings. The highest BCUT2D eigenvalue weighted by molar-refractivity contribution is 6.30. The number of halogens is 1. The number of hydrogen-bond donors (Lipinski definition) is 4. The number of carboxylic acid groups (broad SMARTS) is 1. The van der Waals surface area contributed by atoms with Crippen LogP contribution in [0.1, 0.15) is 45.4 Å². The highest BCUT2D eigenvalue weighted by atomic mass is 35.5. The number of hydrogen-bond acceptors (Lipinski definition) is 5. The van der Waals surface area contributed by atoms with E-state index in [0.29, 0.717) is 29.1 Å². The zero-order chi connectivity index (χ0) is 27.2. The number of aromatic amines is 1. The van der Waals surface area contributed by atoms with Gasteiger partial charge < -0.3 is 20.7 Å². The molecule has 0 aliphatic carbocycles. The summed E-state index contributed by atoms with van der Waals surface area (Å²) in [7, 11) is 0. The van der Waals surface area contributed by atoms with E-state index in [2.05, 4.69) is 25.6 Å². The zero-order valence-electron chi connectivity index (χ0n) is 21.5. The second-order valence-electron chi connectivity index (χ2n) is 9.19. The second kappa shape index (κ2) is 11.9. The Hall–Kier alpha value is -4.17. The number of carbonyl (C=O) groups excluding carboxylic acids is 1. The maximum atomic E-state index is 13.0. The number of imidazole rings is 1. The van der Waals surface area contributed by atoms with Gasteiger partial charge in [0.25, 0.3) is 5.91 Å². The molecule has 1 amide bonds. The highest BCUT2D eigenvalue weighted by Gasteiger charge is 2.23. The summed E-state index contributed by atoms with van der Waals surface area (Å²) in [6.07, 6.45) is 4.28. The largest absolute Gasteiger partial charge is 0.480 e. The smallest absolute Gasteiger partial charge is 0.326 e. The van der Waals surface area contributed by atoms with Crippen LogP contribution in [0.2, 0.25) is 5.02 Å². The maximum absolute atomic E-state index is 13.0. The summed E-state index contributed by atoms with van der Waals surface area (Å²) >= 11 is 6.14. The van der Waals surface area contributed by atoms with Gasteiger partial charge in [-0.15, -0.1) is 0 Å². The fourth-order valence-corrected chi connectivity index (χ4v) is 4.60. The van der Waals surface area contributed by atoms with E-state index >= 15 is 0 Å². The number of nitrogens with zero attached hydrogens (tertiary/aromatic N) is 2. The van der Waals surface area contributed by atoms with Crippen molar-refractivity contribution in [1.29, 1.82) is 0 Å². The number of H-pyrrole nitrogens is 1. The van der Waals surface area contributed by atoms with Crippen LogP contribution in [0.5, 0.6) is 0 Å². The Morgan fingerprint density at radius 1 is 1.08 bits per heavy atom. The Morgan fingerprint density at radius 3 is 2.53 bits per heavy atom. The maximum Gasteiger partial charge on any atom is 0.326 e. The molecule has 2 aromatic heterocycles. The van der Waals surface area contributed by atoms with E-state index in [1.165, 1.54) is 0 Å².